The van der Waals surface area contributed by atoms with Gasteiger partial charge in [0.25, 0.3) is 0 Å². The molecule has 0 radical (unpaired) electrons. The van der Waals surface area contributed by atoms with Gasteiger partial charge in [-0.25, -0.2) is 4.98 Å². The second-order valence-corrected chi connectivity index (χ2v) is 4.42. The second-order valence-electron chi connectivity index (χ2n) is 3.31. The Bertz CT molecular complexity index is 270. The SMILES string of the molecule is CCN(CC)CCSc1ccc(N)cn1. The normalized spacial score (nSPS) is 10.9. The molecule has 0 aliphatic rings. The number of hydrogen-bond donors (Lipinski definition) is 1. The minimum absolute atomic E-state index is 0.725. The van der Waals surface area contributed by atoms with Crippen LogP contribution < -0.4 is 5.73 Å². The third-order valence-electron chi connectivity index (χ3n) is 2.31. The molecule has 0 aromatic carbocycles. The van der Waals surface area contributed by atoms with Crippen molar-refractivity contribution in [1.29, 1.82) is 0 Å². The fraction of sp³-hybridized carbons (Fsp3) is 0.545. The molecule has 0 aliphatic heterocycles. The van der Waals surface area contributed by atoms with Gasteiger partial charge >= 0.3 is 0 Å². The number of nitrogens with two attached hydrogens (primary N) is 1. The quantitative estimate of drug-likeness (QED) is 0.753. The largest absolute Gasteiger partial charge is 0.397 e. The number of thioether (sulfide) groups is 1. The Hall–Kier alpha value is -0.740. The van der Waals surface area contributed by atoms with E-state index in [0.29, 0.717) is 0 Å². The summed E-state index contributed by atoms with van der Waals surface area (Å²) in [5.41, 5.74) is 6.29. The number of pyridine rings is 1. The van der Waals surface area contributed by atoms with E-state index in [1.807, 2.05) is 12.1 Å². The molecule has 4 heteroatoms. The Kier molecular flexibility index (Phi) is 5.50. The lowest BCUT2D eigenvalue weighted by Crippen LogP contribution is -2.25. The molecule has 0 saturated heterocycles. The molecule has 0 spiro atoms. The first kappa shape index (κ1) is 12.3. The van der Waals surface area contributed by atoms with E-state index in [1.54, 1.807) is 18.0 Å². The number of nitrogen functional groups attached to an aromatic ring is 1. The predicted molar refractivity (Wildman–Crippen MR) is 67.2 cm³/mol. The molecular weight excluding hydrogens is 206 g/mol. The maximum atomic E-state index is 5.57. The summed E-state index contributed by atoms with van der Waals surface area (Å²) in [6.07, 6.45) is 1.71. The molecule has 84 valence electrons. The minimum Gasteiger partial charge on any atom is -0.397 e. The van der Waals surface area contributed by atoms with Crippen molar-refractivity contribution in [2.45, 2.75) is 18.9 Å². The van der Waals surface area contributed by atoms with Gasteiger partial charge in [-0.05, 0) is 25.2 Å². The number of anilines is 1. The first-order valence-electron chi connectivity index (χ1n) is 5.33. The average Bonchev–Trinajstić information content (AvgIpc) is 2.27. The van der Waals surface area contributed by atoms with E-state index < -0.39 is 0 Å². The fourth-order valence-corrected chi connectivity index (χ4v) is 2.15. The van der Waals surface area contributed by atoms with Gasteiger partial charge in [0.1, 0.15) is 0 Å². The predicted octanol–water partition coefficient (Wildman–Crippen LogP) is 2.10. The van der Waals surface area contributed by atoms with Gasteiger partial charge < -0.3 is 10.6 Å². The summed E-state index contributed by atoms with van der Waals surface area (Å²) in [7, 11) is 0. The third kappa shape index (κ3) is 4.53. The van der Waals surface area contributed by atoms with Gasteiger partial charge in [-0.3, -0.25) is 0 Å². The number of hydrogen-bond acceptors (Lipinski definition) is 4. The molecule has 1 heterocycles. The van der Waals surface area contributed by atoms with Crippen LogP contribution in [0.25, 0.3) is 0 Å². The molecule has 1 aromatic rings. The summed E-state index contributed by atoms with van der Waals surface area (Å²) in [4.78, 5) is 6.65. The van der Waals surface area contributed by atoms with Gasteiger partial charge in [-0.2, -0.15) is 0 Å². The topological polar surface area (TPSA) is 42.1 Å². The minimum atomic E-state index is 0.725. The summed E-state index contributed by atoms with van der Waals surface area (Å²) < 4.78 is 0. The van der Waals surface area contributed by atoms with Crippen LogP contribution in [0, 0.1) is 0 Å². The average molecular weight is 225 g/mol. The van der Waals surface area contributed by atoms with Crippen LogP contribution in [0.3, 0.4) is 0 Å². The van der Waals surface area contributed by atoms with Crippen molar-refractivity contribution in [3.8, 4) is 0 Å². The molecule has 2 N–H and O–H groups in total. The van der Waals surface area contributed by atoms with Gasteiger partial charge in [0.15, 0.2) is 0 Å². The molecule has 15 heavy (non-hydrogen) atoms. The van der Waals surface area contributed by atoms with Crippen LogP contribution in [0.15, 0.2) is 23.4 Å². The van der Waals surface area contributed by atoms with Crippen molar-refractivity contribution in [3.05, 3.63) is 18.3 Å². The van der Waals surface area contributed by atoms with Crippen LogP contribution in [0.2, 0.25) is 0 Å². The van der Waals surface area contributed by atoms with E-state index in [2.05, 4.69) is 23.7 Å². The van der Waals surface area contributed by atoms with Gasteiger partial charge in [0.05, 0.1) is 16.9 Å². The zero-order chi connectivity index (χ0) is 11.1. The lowest BCUT2D eigenvalue weighted by atomic mass is 10.4. The van der Waals surface area contributed by atoms with E-state index in [4.69, 9.17) is 5.73 Å². The fourth-order valence-electron chi connectivity index (χ4n) is 1.30. The monoisotopic (exact) mass is 225 g/mol. The zero-order valence-corrected chi connectivity index (χ0v) is 10.3. The van der Waals surface area contributed by atoms with Crippen molar-refractivity contribution < 1.29 is 0 Å². The van der Waals surface area contributed by atoms with Crippen LogP contribution in [-0.4, -0.2) is 35.3 Å². The first-order chi connectivity index (χ1) is 7.26. The molecular formula is C11H19N3S. The van der Waals surface area contributed by atoms with Crippen molar-refractivity contribution in [3.63, 3.8) is 0 Å². The molecule has 3 nitrogen and oxygen atoms in total. The highest BCUT2D eigenvalue weighted by Crippen LogP contribution is 2.15. The van der Waals surface area contributed by atoms with Crippen LogP contribution in [-0.2, 0) is 0 Å². The Balaban J connectivity index is 2.28. The van der Waals surface area contributed by atoms with E-state index in [-0.39, 0.29) is 0 Å². The maximum Gasteiger partial charge on any atom is 0.0961 e. The highest BCUT2D eigenvalue weighted by atomic mass is 32.2. The van der Waals surface area contributed by atoms with Crippen LogP contribution in [0.1, 0.15) is 13.8 Å². The standard InChI is InChI=1S/C11H19N3S/c1-3-14(4-2)7-8-15-11-6-5-10(12)9-13-11/h5-6,9H,3-4,7-8,12H2,1-2H3. The van der Waals surface area contributed by atoms with Crippen molar-refractivity contribution in [2.75, 3.05) is 31.1 Å². The highest BCUT2D eigenvalue weighted by Gasteiger charge is 2.00. The Morgan fingerprint density at radius 3 is 2.60 bits per heavy atom. The lowest BCUT2D eigenvalue weighted by Gasteiger charge is -2.16. The van der Waals surface area contributed by atoms with Gasteiger partial charge in [0, 0.05) is 12.3 Å². The molecule has 0 bridgehead atoms. The molecule has 1 aromatic heterocycles. The van der Waals surface area contributed by atoms with E-state index in [0.717, 1.165) is 36.1 Å². The van der Waals surface area contributed by atoms with Crippen LogP contribution >= 0.6 is 11.8 Å². The molecule has 0 aliphatic carbocycles. The molecule has 1 rings (SSSR count). The summed E-state index contributed by atoms with van der Waals surface area (Å²) in [6, 6.07) is 3.87. The number of aromatic nitrogens is 1. The summed E-state index contributed by atoms with van der Waals surface area (Å²) in [6.45, 7) is 7.73. The van der Waals surface area contributed by atoms with Crippen molar-refractivity contribution >= 4 is 17.4 Å². The molecule has 0 unspecified atom stereocenters. The zero-order valence-electron chi connectivity index (χ0n) is 9.44. The number of rotatable bonds is 6. The Morgan fingerprint density at radius 2 is 2.07 bits per heavy atom. The number of nitrogens with zero attached hydrogens (tertiary/aromatic N) is 2. The Labute approximate surface area is 96.1 Å². The molecule has 0 amide bonds. The van der Waals surface area contributed by atoms with Gasteiger partial charge in [-0.15, -0.1) is 11.8 Å². The summed E-state index contributed by atoms with van der Waals surface area (Å²) in [5, 5.41) is 1.05. The summed E-state index contributed by atoms with van der Waals surface area (Å²) in [5.74, 6) is 1.08. The molecule has 0 saturated carbocycles. The van der Waals surface area contributed by atoms with E-state index in [1.165, 1.54) is 0 Å². The van der Waals surface area contributed by atoms with E-state index in [9.17, 15) is 0 Å². The second kappa shape index (κ2) is 6.69. The van der Waals surface area contributed by atoms with Crippen molar-refractivity contribution in [1.82, 2.24) is 9.88 Å². The maximum absolute atomic E-state index is 5.57. The molecule has 0 atom stereocenters. The summed E-state index contributed by atoms with van der Waals surface area (Å²) >= 11 is 1.78. The van der Waals surface area contributed by atoms with E-state index >= 15 is 0 Å². The first-order valence-corrected chi connectivity index (χ1v) is 6.31. The van der Waals surface area contributed by atoms with Crippen molar-refractivity contribution in [2.24, 2.45) is 0 Å². The Morgan fingerprint density at radius 1 is 1.33 bits per heavy atom. The van der Waals surface area contributed by atoms with Crippen LogP contribution in [0.4, 0.5) is 5.69 Å². The van der Waals surface area contributed by atoms with Gasteiger partial charge in [0.2, 0.25) is 0 Å². The van der Waals surface area contributed by atoms with Gasteiger partial charge in [-0.1, -0.05) is 13.8 Å². The lowest BCUT2D eigenvalue weighted by molar-refractivity contribution is 0.324. The smallest absolute Gasteiger partial charge is 0.0961 e. The highest BCUT2D eigenvalue weighted by molar-refractivity contribution is 7.99. The third-order valence-corrected chi connectivity index (χ3v) is 3.24. The van der Waals surface area contributed by atoms with Crippen LogP contribution in [0.5, 0.6) is 0 Å². The molecule has 0 fully saturated rings.